The van der Waals surface area contributed by atoms with Crippen molar-refractivity contribution in [3.8, 4) is 0 Å². The third kappa shape index (κ3) is 5.45. The Labute approximate surface area is 78.6 Å². The standard InChI is InChI=1S/C9H18BrN/c1-8(2)11(4)6-5-9(3)7-10/h8H,3,5-7H2,1-2,4H3. The highest BCUT2D eigenvalue weighted by Gasteiger charge is 2.02. The van der Waals surface area contributed by atoms with Crippen LogP contribution in [0.2, 0.25) is 0 Å². The van der Waals surface area contributed by atoms with E-state index in [9.17, 15) is 0 Å². The average molecular weight is 220 g/mol. The normalized spacial score (nSPS) is 11.1. The minimum atomic E-state index is 0.637. The van der Waals surface area contributed by atoms with Crippen molar-refractivity contribution in [1.82, 2.24) is 4.90 Å². The van der Waals surface area contributed by atoms with Crippen LogP contribution in [0.5, 0.6) is 0 Å². The predicted octanol–water partition coefficient (Wildman–Crippen LogP) is 2.67. The third-order valence-corrected chi connectivity index (χ3v) is 2.68. The molecule has 2 heteroatoms. The summed E-state index contributed by atoms with van der Waals surface area (Å²) in [6.45, 7) is 9.45. The fourth-order valence-corrected chi connectivity index (χ4v) is 0.940. The van der Waals surface area contributed by atoms with Crippen LogP contribution in [-0.2, 0) is 0 Å². The van der Waals surface area contributed by atoms with Crippen LogP contribution in [0.1, 0.15) is 20.3 Å². The van der Waals surface area contributed by atoms with Gasteiger partial charge in [0.1, 0.15) is 0 Å². The minimum absolute atomic E-state index is 0.637. The van der Waals surface area contributed by atoms with Crippen molar-refractivity contribution in [1.29, 1.82) is 0 Å². The Morgan fingerprint density at radius 2 is 2.09 bits per heavy atom. The van der Waals surface area contributed by atoms with E-state index < -0.39 is 0 Å². The van der Waals surface area contributed by atoms with Gasteiger partial charge in [-0.2, -0.15) is 0 Å². The predicted molar refractivity (Wildman–Crippen MR) is 55.3 cm³/mol. The van der Waals surface area contributed by atoms with Crippen LogP contribution in [0.4, 0.5) is 0 Å². The fraction of sp³-hybridized carbons (Fsp3) is 0.778. The Balaban J connectivity index is 3.45. The van der Waals surface area contributed by atoms with Crippen LogP contribution in [-0.4, -0.2) is 29.9 Å². The molecule has 0 heterocycles. The monoisotopic (exact) mass is 219 g/mol. The topological polar surface area (TPSA) is 3.24 Å². The number of hydrogen-bond donors (Lipinski definition) is 0. The van der Waals surface area contributed by atoms with Crippen molar-refractivity contribution in [2.75, 3.05) is 18.9 Å². The van der Waals surface area contributed by atoms with Crippen molar-refractivity contribution >= 4 is 15.9 Å². The van der Waals surface area contributed by atoms with Gasteiger partial charge >= 0.3 is 0 Å². The molecule has 0 unspecified atom stereocenters. The minimum Gasteiger partial charge on any atom is -0.304 e. The Morgan fingerprint density at radius 3 is 2.45 bits per heavy atom. The fourth-order valence-electron chi connectivity index (χ4n) is 0.659. The molecule has 0 fully saturated rings. The second-order valence-electron chi connectivity index (χ2n) is 3.21. The number of alkyl halides is 1. The quantitative estimate of drug-likeness (QED) is 0.508. The van der Waals surface area contributed by atoms with Crippen molar-refractivity contribution in [2.24, 2.45) is 0 Å². The summed E-state index contributed by atoms with van der Waals surface area (Å²) < 4.78 is 0. The van der Waals surface area contributed by atoms with Crippen LogP contribution in [0.25, 0.3) is 0 Å². The average Bonchev–Trinajstić information content (AvgIpc) is 1.99. The maximum absolute atomic E-state index is 3.93. The highest BCUT2D eigenvalue weighted by molar-refractivity contribution is 9.09. The summed E-state index contributed by atoms with van der Waals surface area (Å²) in [5.74, 6) is 0. The van der Waals surface area contributed by atoms with E-state index in [1.807, 2.05) is 0 Å². The second-order valence-corrected chi connectivity index (χ2v) is 3.77. The number of halogens is 1. The molecule has 0 atom stereocenters. The molecular weight excluding hydrogens is 202 g/mol. The van der Waals surface area contributed by atoms with Crippen LogP contribution < -0.4 is 0 Å². The summed E-state index contributed by atoms with van der Waals surface area (Å²) in [4.78, 5) is 2.33. The Kier molecular flexibility index (Phi) is 5.88. The maximum Gasteiger partial charge on any atom is 0.0239 e. The van der Waals surface area contributed by atoms with E-state index in [-0.39, 0.29) is 0 Å². The summed E-state index contributed by atoms with van der Waals surface area (Å²) >= 11 is 3.38. The molecule has 1 nitrogen and oxygen atoms in total. The van der Waals surface area contributed by atoms with Gasteiger partial charge in [0.25, 0.3) is 0 Å². The molecule has 0 saturated heterocycles. The van der Waals surface area contributed by atoms with Gasteiger partial charge in [-0.1, -0.05) is 28.1 Å². The lowest BCUT2D eigenvalue weighted by molar-refractivity contribution is 0.277. The van der Waals surface area contributed by atoms with Gasteiger partial charge in [-0.15, -0.1) is 0 Å². The molecule has 11 heavy (non-hydrogen) atoms. The molecule has 66 valence electrons. The maximum atomic E-state index is 3.93. The number of nitrogens with zero attached hydrogens (tertiary/aromatic N) is 1. The van der Waals surface area contributed by atoms with Gasteiger partial charge < -0.3 is 4.90 Å². The van der Waals surface area contributed by atoms with Crippen LogP contribution in [0.15, 0.2) is 12.2 Å². The Morgan fingerprint density at radius 1 is 1.55 bits per heavy atom. The zero-order chi connectivity index (χ0) is 8.85. The molecule has 0 saturated carbocycles. The van der Waals surface area contributed by atoms with E-state index in [0.29, 0.717) is 6.04 Å². The van der Waals surface area contributed by atoms with E-state index in [4.69, 9.17) is 0 Å². The van der Waals surface area contributed by atoms with Gasteiger partial charge in [0, 0.05) is 17.9 Å². The van der Waals surface area contributed by atoms with Crippen LogP contribution in [0, 0.1) is 0 Å². The molecule has 0 amide bonds. The van der Waals surface area contributed by atoms with Gasteiger partial charge in [-0.05, 0) is 27.3 Å². The van der Waals surface area contributed by atoms with Crippen LogP contribution in [0.3, 0.4) is 0 Å². The van der Waals surface area contributed by atoms with Gasteiger partial charge in [0.2, 0.25) is 0 Å². The van der Waals surface area contributed by atoms with Gasteiger partial charge in [-0.25, -0.2) is 0 Å². The van der Waals surface area contributed by atoms with E-state index in [1.54, 1.807) is 0 Å². The number of rotatable bonds is 5. The molecule has 0 aliphatic heterocycles. The SMILES string of the molecule is C=C(CBr)CCN(C)C(C)C. The summed E-state index contributed by atoms with van der Waals surface area (Å²) in [6, 6.07) is 0.637. The third-order valence-electron chi connectivity index (χ3n) is 1.89. The molecule has 0 aromatic carbocycles. The highest BCUT2D eigenvalue weighted by atomic mass is 79.9. The summed E-state index contributed by atoms with van der Waals surface area (Å²) in [5.41, 5.74) is 1.28. The smallest absolute Gasteiger partial charge is 0.0239 e. The number of hydrogen-bond acceptors (Lipinski definition) is 1. The Hall–Kier alpha value is 0.180. The molecular formula is C9H18BrN. The van der Waals surface area contributed by atoms with Gasteiger partial charge in [-0.3, -0.25) is 0 Å². The summed E-state index contributed by atoms with van der Waals surface area (Å²) in [7, 11) is 2.15. The first kappa shape index (κ1) is 11.2. The van der Waals surface area contributed by atoms with E-state index in [0.717, 1.165) is 18.3 Å². The molecule has 0 rings (SSSR count). The van der Waals surface area contributed by atoms with Crippen LogP contribution >= 0.6 is 15.9 Å². The largest absolute Gasteiger partial charge is 0.304 e. The molecule has 0 aliphatic rings. The van der Waals surface area contributed by atoms with Gasteiger partial charge in [0.15, 0.2) is 0 Å². The van der Waals surface area contributed by atoms with E-state index >= 15 is 0 Å². The first-order valence-corrected chi connectivity index (χ1v) is 5.13. The van der Waals surface area contributed by atoms with Gasteiger partial charge in [0.05, 0.1) is 0 Å². The molecule has 0 radical (unpaired) electrons. The van der Waals surface area contributed by atoms with E-state index in [2.05, 4.69) is 48.3 Å². The second kappa shape index (κ2) is 5.78. The lowest BCUT2D eigenvalue weighted by atomic mass is 10.2. The molecule has 0 bridgehead atoms. The molecule has 0 spiro atoms. The molecule has 0 N–H and O–H groups in total. The lowest BCUT2D eigenvalue weighted by Gasteiger charge is -2.20. The molecule has 0 aromatic rings. The summed E-state index contributed by atoms with van der Waals surface area (Å²) in [5, 5.41) is 0.929. The van der Waals surface area contributed by atoms with Crippen molar-refractivity contribution in [3.05, 3.63) is 12.2 Å². The van der Waals surface area contributed by atoms with Crippen molar-refractivity contribution < 1.29 is 0 Å². The van der Waals surface area contributed by atoms with Crippen molar-refractivity contribution in [3.63, 3.8) is 0 Å². The molecule has 0 aliphatic carbocycles. The van der Waals surface area contributed by atoms with E-state index in [1.165, 1.54) is 5.57 Å². The highest BCUT2D eigenvalue weighted by Crippen LogP contribution is 2.04. The Bertz CT molecular complexity index is 121. The zero-order valence-electron chi connectivity index (χ0n) is 7.73. The zero-order valence-corrected chi connectivity index (χ0v) is 9.32. The molecule has 0 aromatic heterocycles. The first-order valence-electron chi connectivity index (χ1n) is 4.00. The first-order chi connectivity index (χ1) is 5.07. The summed E-state index contributed by atoms with van der Waals surface area (Å²) in [6.07, 6.45) is 1.10. The lowest BCUT2D eigenvalue weighted by Crippen LogP contribution is -2.27. The van der Waals surface area contributed by atoms with Crippen molar-refractivity contribution in [2.45, 2.75) is 26.3 Å².